The van der Waals surface area contributed by atoms with Crippen molar-refractivity contribution >= 4 is 22.6 Å². The number of benzene rings is 1. The molecule has 2 heterocycles. The Kier molecular flexibility index (Phi) is 3.65. The van der Waals surface area contributed by atoms with E-state index in [2.05, 4.69) is 62.8 Å². The molecular formula is C14H15IN2O. The zero-order valence-corrected chi connectivity index (χ0v) is 12.2. The molecule has 18 heavy (non-hydrogen) atoms. The first-order valence-electron chi connectivity index (χ1n) is 6.21. The summed E-state index contributed by atoms with van der Waals surface area (Å²) >= 11 is 2.32. The van der Waals surface area contributed by atoms with E-state index in [-0.39, 0.29) is 0 Å². The maximum atomic E-state index is 5.38. The van der Waals surface area contributed by atoms with E-state index in [1.54, 1.807) is 0 Å². The molecule has 1 aliphatic rings. The van der Waals surface area contributed by atoms with Crippen molar-refractivity contribution in [2.75, 3.05) is 13.2 Å². The predicted octanol–water partition coefficient (Wildman–Crippen LogP) is 3.51. The van der Waals surface area contributed by atoms with Crippen molar-refractivity contribution in [3.63, 3.8) is 0 Å². The molecule has 1 aromatic carbocycles. The molecule has 0 bridgehead atoms. The second kappa shape index (κ2) is 5.40. The zero-order valence-electron chi connectivity index (χ0n) is 10.1. The Morgan fingerprint density at radius 3 is 2.56 bits per heavy atom. The van der Waals surface area contributed by atoms with Gasteiger partial charge in [-0.2, -0.15) is 5.10 Å². The second-order valence-electron chi connectivity index (χ2n) is 4.56. The summed E-state index contributed by atoms with van der Waals surface area (Å²) < 4.78 is 8.73. The summed E-state index contributed by atoms with van der Waals surface area (Å²) in [6.45, 7) is 1.70. The largest absolute Gasteiger partial charge is 0.381 e. The highest BCUT2D eigenvalue weighted by Gasteiger charge is 2.16. The third-order valence-corrected chi connectivity index (χ3v) is 4.06. The van der Waals surface area contributed by atoms with E-state index in [1.807, 2.05) is 6.20 Å². The first-order valence-corrected chi connectivity index (χ1v) is 7.28. The molecule has 0 saturated carbocycles. The van der Waals surface area contributed by atoms with Gasteiger partial charge in [0.05, 0.1) is 12.2 Å². The van der Waals surface area contributed by atoms with Gasteiger partial charge in [0.2, 0.25) is 0 Å². The first kappa shape index (κ1) is 12.2. The smallest absolute Gasteiger partial charge is 0.0568 e. The third-order valence-electron chi connectivity index (χ3n) is 3.34. The fourth-order valence-corrected chi connectivity index (χ4v) is 2.64. The topological polar surface area (TPSA) is 27.1 Å². The highest BCUT2D eigenvalue weighted by molar-refractivity contribution is 14.1. The summed E-state index contributed by atoms with van der Waals surface area (Å²) in [7, 11) is 0. The number of halogens is 1. The molecule has 1 fully saturated rings. The van der Waals surface area contributed by atoms with E-state index in [0.29, 0.717) is 6.04 Å². The van der Waals surface area contributed by atoms with Gasteiger partial charge in [-0.05, 0) is 53.1 Å². The normalized spacial score (nSPS) is 16.9. The number of aromatic nitrogens is 2. The van der Waals surface area contributed by atoms with Gasteiger partial charge in [-0.3, -0.25) is 4.68 Å². The van der Waals surface area contributed by atoms with Crippen LogP contribution in [0.5, 0.6) is 0 Å². The van der Waals surface area contributed by atoms with Crippen LogP contribution in [-0.2, 0) is 4.74 Å². The fraction of sp³-hybridized carbons (Fsp3) is 0.357. The Morgan fingerprint density at radius 2 is 1.83 bits per heavy atom. The van der Waals surface area contributed by atoms with Gasteiger partial charge in [-0.1, -0.05) is 12.1 Å². The maximum absolute atomic E-state index is 5.38. The molecular weight excluding hydrogens is 339 g/mol. The molecule has 0 unspecified atom stereocenters. The van der Waals surface area contributed by atoms with Crippen LogP contribution in [0.4, 0.5) is 0 Å². The quantitative estimate of drug-likeness (QED) is 0.772. The average molecular weight is 354 g/mol. The minimum absolute atomic E-state index is 0.497. The highest BCUT2D eigenvalue weighted by Crippen LogP contribution is 2.24. The Labute approximate surface area is 120 Å². The average Bonchev–Trinajstić information content (AvgIpc) is 2.90. The van der Waals surface area contributed by atoms with Crippen LogP contribution >= 0.6 is 22.6 Å². The van der Waals surface area contributed by atoms with Crippen molar-refractivity contribution in [3.8, 4) is 11.1 Å². The van der Waals surface area contributed by atoms with Crippen molar-refractivity contribution in [2.24, 2.45) is 0 Å². The van der Waals surface area contributed by atoms with Gasteiger partial charge >= 0.3 is 0 Å². The van der Waals surface area contributed by atoms with Crippen molar-refractivity contribution < 1.29 is 4.74 Å². The van der Waals surface area contributed by atoms with Crippen molar-refractivity contribution in [3.05, 3.63) is 40.2 Å². The third kappa shape index (κ3) is 2.59. The van der Waals surface area contributed by atoms with Crippen molar-refractivity contribution in [1.29, 1.82) is 0 Å². The van der Waals surface area contributed by atoms with Gasteiger partial charge in [-0.15, -0.1) is 0 Å². The maximum Gasteiger partial charge on any atom is 0.0568 e. The Morgan fingerprint density at radius 1 is 1.11 bits per heavy atom. The van der Waals surface area contributed by atoms with Crippen LogP contribution in [0.15, 0.2) is 36.7 Å². The summed E-state index contributed by atoms with van der Waals surface area (Å²) in [5, 5.41) is 4.50. The summed E-state index contributed by atoms with van der Waals surface area (Å²) in [4.78, 5) is 0. The van der Waals surface area contributed by atoms with Gasteiger partial charge in [0, 0.05) is 28.5 Å². The molecule has 1 aromatic heterocycles. The van der Waals surface area contributed by atoms with Gasteiger partial charge in [0.1, 0.15) is 0 Å². The standard InChI is InChI=1S/C14H15IN2O/c15-13-3-1-11(2-4-13)12-9-16-17(10-12)14-5-7-18-8-6-14/h1-4,9-10,14H,5-8H2. The molecule has 0 atom stereocenters. The fourth-order valence-electron chi connectivity index (χ4n) is 2.28. The van der Waals surface area contributed by atoms with E-state index < -0.39 is 0 Å². The van der Waals surface area contributed by atoms with Gasteiger partial charge in [-0.25, -0.2) is 0 Å². The van der Waals surface area contributed by atoms with Crippen LogP contribution < -0.4 is 0 Å². The van der Waals surface area contributed by atoms with E-state index in [9.17, 15) is 0 Å². The summed E-state index contributed by atoms with van der Waals surface area (Å²) in [6.07, 6.45) is 6.23. The number of ether oxygens (including phenoxy) is 1. The lowest BCUT2D eigenvalue weighted by Crippen LogP contribution is -2.19. The van der Waals surface area contributed by atoms with E-state index in [1.165, 1.54) is 14.7 Å². The van der Waals surface area contributed by atoms with Crippen LogP contribution in [0.3, 0.4) is 0 Å². The molecule has 0 spiro atoms. The molecule has 1 aliphatic heterocycles. The Balaban J connectivity index is 1.82. The van der Waals surface area contributed by atoms with Crippen LogP contribution in [0.1, 0.15) is 18.9 Å². The lowest BCUT2D eigenvalue weighted by atomic mass is 10.1. The van der Waals surface area contributed by atoms with Crippen LogP contribution in [0, 0.1) is 3.57 Å². The van der Waals surface area contributed by atoms with Crippen LogP contribution in [-0.4, -0.2) is 23.0 Å². The monoisotopic (exact) mass is 354 g/mol. The minimum Gasteiger partial charge on any atom is -0.381 e. The minimum atomic E-state index is 0.497. The number of rotatable bonds is 2. The van der Waals surface area contributed by atoms with E-state index >= 15 is 0 Å². The first-order chi connectivity index (χ1) is 8.83. The number of hydrogen-bond donors (Lipinski definition) is 0. The summed E-state index contributed by atoms with van der Waals surface area (Å²) in [5.41, 5.74) is 2.42. The molecule has 94 valence electrons. The molecule has 3 nitrogen and oxygen atoms in total. The molecule has 0 amide bonds. The predicted molar refractivity (Wildman–Crippen MR) is 79.5 cm³/mol. The number of nitrogens with zero attached hydrogens (tertiary/aromatic N) is 2. The van der Waals surface area contributed by atoms with Gasteiger partial charge in [0.15, 0.2) is 0 Å². The second-order valence-corrected chi connectivity index (χ2v) is 5.81. The molecule has 1 saturated heterocycles. The van der Waals surface area contributed by atoms with E-state index in [0.717, 1.165) is 26.1 Å². The van der Waals surface area contributed by atoms with Gasteiger partial charge < -0.3 is 4.74 Å². The Bertz CT molecular complexity index is 515. The van der Waals surface area contributed by atoms with Crippen LogP contribution in [0.25, 0.3) is 11.1 Å². The molecule has 2 aromatic rings. The zero-order chi connectivity index (χ0) is 12.4. The molecule has 4 heteroatoms. The lowest BCUT2D eigenvalue weighted by molar-refractivity contribution is 0.0662. The van der Waals surface area contributed by atoms with Crippen LogP contribution in [0.2, 0.25) is 0 Å². The summed E-state index contributed by atoms with van der Waals surface area (Å²) in [5.74, 6) is 0. The van der Waals surface area contributed by atoms with Crippen molar-refractivity contribution in [2.45, 2.75) is 18.9 Å². The molecule has 0 radical (unpaired) electrons. The van der Waals surface area contributed by atoms with Crippen molar-refractivity contribution in [1.82, 2.24) is 9.78 Å². The van der Waals surface area contributed by atoms with Gasteiger partial charge in [0.25, 0.3) is 0 Å². The SMILES string of the molecule is Ic1ccc(-c2cnn(C3CCOCC3)c2)cc1. The molecule has 0 aliphatic carbocycles. The number of hydrogen-bond acceptors (Lipinski definition) is 2. The summed E-state index contributed by atoms with van der Waals surface area (Å²) in [6, 6.07) is 9.04. The Hall–Kier alpha value is -0.880. The highest BCUT2D eigenvalue weighted by atomic mass is 127. The van der Waals surface area contributed by atoms with E-state index in [4.69, 9.17) is 4.74 Å². The lowest BCUT2D eigenvalue weighted by Gasteiger charge is -2.22. The molecule has 3 rings (SSSR count). The molecule has 0 N–H and O–H groups in total.